The molecule has 0 unspecified atom stereocenters. The summed E-state index contributed by atoms with van der Waals surface area (Å²) in [6.07, 6.45) is 6.12. The number of para-hydroxylation sites is 1. The molecule has 1 saturated carbocycles. The van der Waals surface area contributed by atoms with Crippen LogP contribution in [-0.4, -0.2) is 47.7 Å². The Kier molecular flexibility index (Phi) is 4.62. The van der Waals surface area contributed by atoms with Crippen LogP contribution in [0.25, 0.3) is 0 Å². The summed E-state index contributed by atoms with van der Waals surface area (Å²) in [5.74, 6) is 0.304. The van der Waals surface area contributed by atoms with E-state index in [0.29, 0.717) is 17.5 Å². The van der Waals surface area contributed by atoms with Gasteiger partial charge in [-0.05, 0) is 57.1 Å². The summed E-state index contributed by atoms with van der Waals surface area (Å²) in [7, 11) is 0. The van der Waals surface area contributed by atoms with E-state index in [1.807, 2.05) is 24.3 Å². The normalized spacial score (nSPS) is 32.1. The van der Waals surface area contributed by atoms with Crippen molar-refractivity contribution < 1.29 is 9.90 Å². The number of aliphatic hydroxyl groups excluding tert-OH is 1. The van der Waals surface area contributed by atoms with Crippen LogP contribution in [0.2, 0.25) is 0 Å². The average Bonchev–Trinajstić information content (AvgIpc) is 2.98. The number of benzene rings is 1. The number of likely N-dealkylation sites (tertiary alicyclic amines) is 1. The van der Waals surface area contributed by atoms with Crippen LogP contribution in [0.1, 0.15) is 50.5 Å². The number of nitrogens with zero attached hydrogens (tertiary/aromatic N) is 3. The van der Waals surface area contributed by atoms with Crippen molar-refractivity contribution in [3.63, 3.8) is 0 Å². The molecule has 1 aliphatic carbocycles. The third-order valence-electron chi connectivity index (χ3n) is 6.59. The Morgan fingerprint density at radius 1 is 1.12 bits per heavy atom. The smallest absolute Gasteiger partial charge is 0.230 e. The first kappa shape index (κ1) is 17.4. The minimum atomic E-state index is -0.295. The van der Waals surface area contributed by atoms with Gasteiger partial charge in [0.2, 0.25) is 5.91 Å². The highest BCUT2D eigenvalue weighted by molar-refractivity contribution is 5.86. The van der Waals surface area contributed by atoms with Gasteiger partial charge in [-0.3, -0.25) is 4.79 Å². The van der Waals surface area contributed by atoms with E-state index in [9.17, 15) is 15.2 Å². The fraction of sp³-hybridized carbons (Fsp3) is 0.619. The molecule has 3 aliphatic rings. The van der Waals surface area contributed by atoms with Crippen LogP contribution in [-0.2, 0) is 4.79 Å². The summed E-state index contributed by atoms with van der Waals surface area (Å²) >= 11 is 0. The first-order chi connectivity index (χ1) is 12.6. The maximum absolute atomic E-state index is 13.4. The molecule has 26 heavy (non-hydrogen) atoms. The molecule has 1 N–H and O–H groups in total. The van der Waals surface area contributed by atoms with E-state index in [2.05, 4.69) is 15.9 Å². The summed E-state index contributed by atoms with van der Waals surface area (Å²) in [4.78, 5) is 17.7. The van der Waals surface area contributed by atoms with Crippen molar-refractivity contribution in [3.05, 3.63) is 29.8 Å². The van der Waals surface area contributed by atoms with Crippen LogP contribution in [0.4, 0.5) is 5.69 Å². The van der Waals surface area contributed by atoms with E-state index in [-0.39, 0.29) is 11.5 Å². The van der Waals surface area contributed by atoms with Crippen molar-refractivity contribution in [3.8, 4) is 6.07 Å². The summed E-state index contributed by atoms with van der Waals surface area (Å²) in [5.41, 5.74) is 1.35. The topological polar surface area (TPSA) is 67.6 Å². The number of carbonyl (C=O) groups excluding carboxylic acids is 1. The SMILES string of the molecule is N#Cc1ccccc1N1CCC[C@]2(CCN(C3CCC(O)CC3)C2=O)C1. The number of nitriles is 1. The number of piperidine rings is 1. The first-order valence-electron chi connectivity index (χ1n) is 9.86. The summed E-state index contributed by atoms with van der Waals surface area (Å²) in [6.45, 7) is 2.47. The highest BCUT2D eigenvalue weighted by Gasteiger charge is 2.50. The molecule has 1 spiro atoms. The molecule has 2 saturated heterocycles. The number of anilines is 1. The van der Waals surface area contributed by atoms with Gasteiger partial charge in [-0.25, -0.2) is 0 Å². The van der Waals surface area contributed by atoms with Gasteiger partial charge >= 0.3 is 0 Å². The Morgan fingerprint density at radius 2 is 1.88 bits per heavy atom. The maximum atomic E-state index is 13.4. The Morgan fingerprint density at radius 3 is 2.65 bits per heavy atom. The van der Waals surface area contributed by atoms with E-state index < -0.39 is 0 Å². The zero-order chi connectivity index (χ0) is 18.1. The van der Waals surface area contributed by atoms with Gasteiger partial charge in [-0.15, -0.1) is 0 Å². The lowest BCUT2D eigenvalue weighted by atomic mass is 9.78. The molecular formula is C21H27N3O2. The first-order valence-corrected chi connectivity index (χ1v) is 9.86. The Balaban J connectivity index is 1.52. The van der Waals surface area contributed by atoms with Crippen LogP contribution < -0.4 is 4.90 Å². The number of carbonyl (C=O) groups is 1. The van der Waals surface area contributed by atoms with E-state index in [1.54, 1.807) is 0 Å². The fourth-order valence-electron chi connectivity index (χ4n) is 5.13. The molecular weight excluding hydrogens is 326 g/mol. The molecule has 1 atom stereocenters. The molecule has 1 aromatic carbocycles. The molecule has 1 aromatic rings. The highest BCUT2D eigenvalue weighted by atomic mass is 16.3. The maximum Gasteiger partial charge on any atom is 0.230 e. The van der Waals surface area contributed by atoms with Gasteiger partial charge in [0.1, 0.15) is 6.07 Å². The number of hydrogen-bond acceptors (Lipinski definition) is 4. The van der Waals surface area contributed by atoms with Gasteiger partial charge in [0, 0.05) is 25.7 Å². The van der Waals surface area contributed by atoms with E-state index in [1.165, 1.54) is 0 Å². The van der Waals surface area contributed by atoms with Crippen LogP contribution in [0.5, 0.6) is 0 Å². The van der Waals surface area contributed by atoms with Gasteiger partial charge in [-0.1, -0.05) is 12.1 Å². The molecule has 0 aromatic heterocycles. The monoisotopic (exact) mass is 353 g/mol. The average molecular weight is 353 g/mol. The van der Waals surface area contributed by atoms with Crippen molar-refractivity contribution in [2.24, 2.45) is 5.41 Å². The molecule has 3 fully saturated rings. The van der Waals surface area contributed by atoms with Gasteiger partial charge in [0.15, 0.2) is 0 Å². The third-order valence-corrected chi connectivity index (χ3v) is 6.59. The lowest BCUT2D eigenvalue weighted by Crippen LogP contribution is -2.50. The highest BCUT2D eigenvalue weighted by Crippen LogP contribution is 2.43. The molecule has 0 bridgehead atoms. The van der Waals surface area contributed by atoms with Crippen molar-refractivity contribution in [2.75, 3.05) is 24.5 Å². The Hall–Kier alpha value is -2.06. The number of amides is 1. The molecule has 2 aliphatic heterocycles. The van der Waals surface area contributed by atoms with Gasteiger partial charge in [0.05, 0.1) is 22.8 Å². The molecule has 0 radical (unpaired) electrons. The fourth-order valence-corrected chi connectivity index (χ4v) is 5.13. The lowest BCUT2D eigenvalue weighted by molar-refractivity contribution is -0.139. The molecule has 1 amide bonds. The van der Waals surface area contributed by atoms with E-state index >= 15 is 0 Å². The molecule has 2 heterocycles. The quantitative estimate of drug-likeness (QED) is 0.888. The Labute approximate surface area is 155 Å². The summed E-state index contributed by atoms with van der Waals surface area (Å²) < 4.78 is 0. The largest absolute Gasteiger partial charge is 0.393 e. The summed E-state index contributed by atoms with van der Waals surface area (Å²) in [6, 6.07) is 10.3. The van der Waals surface area contributed by atoms with Gasteiger partial charge in [-0.2, -0.15) is 5.26 Å². The zero-order valence-corrected chi connectivity index (χ0v) is 15.2. The number of aliphatic hydroxyl groups is 1. The van der Waals surface area contributed by atoms with Crippen LogP contribution in [0, 0.1) is 16.7 Å². The lowest BCUT2D eigenvalue weighted by Gasteiger charge is -2.41. The van der Waals surface area contributed by atoms with Crippen molar-refractivity contribution in [1.82, 2.24) is 4.90 Å². The predicted octanol–water partition coefficient (Wildman–Crippen LogP) is 2.68. The minimum Gasteiger partial charge on any atom is -0.393 e. The number of rotatable bonds is 2. The third kappa shape index (κ3) is 2.97. The minimum absolute atomic E-state index is 0.189. The second kappa shape index (κ2) is 6.92. The van der Waals surface area contributed by atoms with E-state index in [4.69, 9.17) is 0 Å². The molecule has 5 nitrogen and oxygen atoms in total. The van der Waals surface area contributed by atoms with Crippen LogP contribution in [0.3, 0.4) is 0 Å². The van der Waals surface area contributed by atoms with Crippen LogP contribution in [0.15, 0.2) is 24.3 Å². The molecule has 5 heteroatoms. The van der Waals surface area contributed by atoms with E-state index in [0.717, 1.165) is 70.3 Å². The molecule has 138 valence electrons. The Bertz CT molecular complexity index is 720. The van der Waals surface area contributed by atoms with Crippen LogP contribution >= 0.6 is 0 Å². The van der Waals surface area contributed by atoms with Crippen molar-refractivity contribution >= 4 is 11.6 Å². The summed E-state index contributed by atoms with van der Waals surface area (Å²) in [5, 5.41) is 19.2. The number of hydrogen-bond donors (Lipinski definition) is 1. The zero-order valence-electron chi connectivity index (χ0n) is 15.2. The van der Waals surface area contributed by atoms with Gasteiger partial charge in [0.25, 0.3) is 0 Å². The second-order valence-electron chi connectivity index (χ2n) is 8.15. The predicted molar refractivity (Wildman–Crippen MR) is 99.6 cm³/mol. The van der Waals surface area contributed by atoms with Gasteiger partial charge < -0.3 is 14.9 Å². The second-order valence-corrected chi connectivity index (χ2v) is 8.15. The molecule has 4 rings (SSSR count). The van der Waals surface area contributed by atoms with Crippen molar-refractivity contribution in [1.29, 1.82) is 5.26 Å². The standard InChI is InChI=1S/C21H27N3O2/c22-14-16-4-1-2-5-19(16)23-12-3-10-21(15-23)11-13-24(20(21)26)17-6-8-18(25)9-7-17/h1-2,4-5,17-18,25H,3,6-13,15H2/t17?,18?,21-/m0/s1. The van der Waals surface area contributed by atoms with Crippen molar-refractivity contribution in [2.45, 2.75) is 57.1 Å².